The first-order valence-electron chi connectivity index (χ1n) is 9.27. The fourth-order valence-corrected chi connectivity index (χ4v) is 3.91. The first-order chi connectivity index (χ1) is 14.6. The highest BCUT2D eigenvalue weighted by molar-refractivity contribution is 7.92. The molecule has 0 saturated heterocycles. The zero-order valence-electron chi connectivity index (χ0n) is 16.4. The zero-order chi connectivity index (χ0) is 22.6. The molecule has 3 rings (SSSR count). The van der Waals surface area contributed by atoms with Gasteiger partial charge in [-0.3, -0.25) is 9.52 Å². The van der Waals surface area contributed by atoms with Crippen molar-refractivity contribution in [2.75, 3.05) is 15.8 Å². The second-order valence-electron chi connectivity index (χ2n) is 6.69. The van der Waals surface area contributed by atoms with Crippen molar-refractivity contribution in [3.05, 3.63) is 72.0 Å². The second-order valence-corrected chi connectivity index (χ2v) is 8.54. The summed E-state index contributed by atoms with van der Waals surface area (Å²) >= 11 is 0. The highest BCUT2D eigenvalue weighted by Gasteiger charge is 2.30. The van der Waals surface area contributed by atoms with Crippen molar-refractivity contribution in [1.82, 2.24) is 0 Å². The van der Waals surface area contributed by atoms with Gasteiger partial charge in [0.15, 0.2) is 5.76 Å². The van der Waals surface area contributed by atoms with E-state index in [4.69, 9.17) is 4.42 Å². The van der Waals surface area contributed by atoms with E-state index in [1.807, 2.05) is 0 Å². The molecule has 0 saturated carbocycles. The molecule has 3 aromatic rings. The summed E-state index contributed by atoms with van der Waals surface area (Å²) in [7, 11) is -3.42. The van der Waals surface area contributed by atoms with Crippen LogP contribution in [0.1, 0.15) is 29.5 Å². The Hall–Kier alpha value is -3.27. The molecule has 1 aromatic heterocycles. The average Bonchev–Trinajstić information content (AvgIpc) is 3.19. The second kappa shape index (κ2) is 8.84. The average molecular weight is 452 g/mol. The maximum Gasteiger partial charge on any atom is 0.416 e. The number of nitrogens with one attached hydrogen (secondary N) is 2. The normalized spacial score (nSPS) is 11.9. The van der Waals surface area contributed by atoms with Crippen LogP contribution in [-0.2, 0) is 16.2 Å². The molecule has 0 fully saturated rings. The molecule has 0 aliphatic rings. The zero-order valence-corrected chi connectivity index (χ0v) is 17.2. The molecule has 1 heterocycles. The van der Waals surface area contributed by atoms with Crippen molar-refractivity contribution < 1.29 is 30.8 Å². The summed E-state index contributed by atoms with van der Waals surface area (Å²) in [5.74, 6) is -0.562. The molecule has 31 heavy (non-hydrogen) atoms. The lowest BCUT2D eigenvalue weighted by Gasteiger charge is -2.08. The van der Waals surface area contributed by atoms with Crippen molar-refractivity contribution in [3.8, 4) is 11.3 Å². The molecule has 0 bridgehead atoms. The predicted octanol–water partition coefficient (Wildman–Crippen LogP) is 5.37. The van der Waals surface area contributed by atoms with Crippen LogP contribution in [-0.4, -0.2) is 20.1 Å². The third-order valence-corrected chi connectivity index (χ3v) is 5.69. The van der Waals surface area contributed by atoms with Gasteiger partial charge in [-0.15, -0.1) is 0 Å². The van der Waals surface area contributed by atoms with Gasteiger partial charge >= 0.3 is 6.18 Å². The largest absolute Gasteiger partial charge is 0.451 e. The summed E-state index contributed by atoms with van der Waals surface area (Å²) in [4.78, 5) is 12.4. The van der Waals surface area contributed by atoms with E-state index in [0.717, 1.165) is 12.1 Å². The molecule has 0 spiro atoms. The Balaban J connectivity index is 1.69. The van der Waals surface area contributed by atoms with E-state index >= 15 is 0 Å². The standard InChI is InChI=1S/C21H19F3N2O4S/c1-2-12-31(28,29)26-17-8-6-16(7-9-17)25-20(27)19-11-10-18(30-19)14-4-3-5-15(13-14)21(22,23)24/h3-11,13,26H,2,12H2,1H3,(H,25,27). The van der Waals surface area contributed by atoms with Crippen LogP contribution in [0.15, 0.2) is 65.1 Å². The fraction of sp³-hybridized carbons (Fsp3) is 0.190. The number of halogens is 3. The number of carbonyl (C=O) groups excluding carboxylic acids is 1. The van der Waals surface area contributed by atoms with Crippen LogP contribution in [0, 0.1) is 0 Å². The third-order valence-electron chi connectivity index (χ3n) is 4.19. The van der Waals surface area contributed by atoms with Crippen LogP contribution in [0.25, 0.3) is 11.3 Å². The SMILES string of the molecule is CCCS(=O)(=O)Nc1ccc(NC(=O)c2ccc(-c3cccc(C(F)(F)F)c3)o2)cc1. The topological polar surface area (TPSA) is 88.4 Å². The molecule has 10 heteroatoms. The summed E-state index contributed by atoms with van der Waals surface area (Å²) in [6.45, 7) is 1.75. The number of amides is 1. The maximum absolute atomic E-state index is 12.9. The van der Waals surface area contributed by atoms with Crippen LogP contribution >= 0.6 is 0 Å². The molecule has 6 nitrogen and oxygen atoms in total. The third kappa shape index (κ3) is 5.88. The minimum atomic E-state index is -4.49. The van der Waals surface area contributed by atoms with E-state index in [-0.39, 0.29) is 22.8 Å². The molecule has 2 N–H and O–H groups in total. The molecule has 0 atom stereocenters. The monoisotopic (exact) mass is 452 g/mol. The van der Waals surface area contributed by atoms with Crippen molar-refractivity contribution in [2.45, 2.75) is 19.5 Å². The Morgan fingerprint density at radius 1 is 1.00 bits per heavy atom. The van der Waals surface area contributed by atoms with Gasteiger partial charge in [0.1, 0.15) is 5.76 Å². The lowest BCUT2D eigenvalue weighted by molar-refractivity contribution is -0.137. The van der Waals surface area contributed by atoms with Gasteiger partial charge in [0.25, 0.3) is 5.91 Å². The summed E-state index contributed by atoms with van der Waals surface area (Å²) in [6, 6.07) is 13.4. The number of benzene rings is 2. The number of rotatable bonds is 7. The lowest BCUT2D eigenvalue weighted by Crippen LogP contribution is -2.16. The smallest absolute Gasteiger partial charge is 0.416 e. The van der Waals surface area contributed by atoms with Gasteiger partial charge < -0.3 is 9.73 Å². The predicted molar refractivity (Wildman–Crippen MR) is 111 cm³/mol. The number of hydrogen-bond acceptors (Lipinski definition) is 4. The van der Waals surface area contributed by atoms with Gasteiger partial charge in [-0.1, -0.05) is 19.1 Å². The fourth-order valence-electron chi connectivity index (χ4n) is 2.78. The molecule has 0 aliphatic carbocycles. The molecular weight excluding hydrogens is 433 g/mol. The van der Waals surface area contributed by atoms with Crippen molar-refractivity contribution in [3.63, 3.8) is 0 Å². The number of alkyl halides is 3. The summed E-state index contributed by atoms with van der Waals surface area (Å²) < 4.78 is 70.1. The number of carbonyl (C=O) groups is 1. The molecular formula is C21H19F3N2O4S. The first kappa shape index (κ1) is 22.4. The van der Waals surface area contributed by atoms with Gasteiger partial charge in [-0.25, -0.2) is 8.42 Å². The van der Waals surface area contributed by atoms with Crippen LogP contribution in [0.4, 0.5) is 24.5 Å². The Morgan fingerprint density at radius 3 is 2.32 bits per heavy atom. The maximum atomic E-state index is 12.9. The van der Waals surface area contributed by atoms with E-state index in [2.05, 4.69) is 10.0 Å². The minimum Gasteiger partial charge on any atom is -0.451 e. The molecule has 2 aromatic carbocycles. The molecule has 0 aliphatic heterocycles. The van der Waals surface area contributed by atoms with Gasteiger partial charge in [0.2, 0.25) is 10.0 Å². The van der Waals surface area contributed by atoms with Crippen LogP contribution < -0.4 is 10.0 Å². The first-order valence-corrected chi connectivity index (χ1v) is 10.9. The van der Waals surface area contributed by atoms with E-state index in [1.54, 1.807) is 6.92 Å². The van der Waals surface area contributed by atoms with Crippen LogP contribution in [0.2, 0.25) is 0 Å². The van der Waals surface area contributed by atoms with E-state index in [0.29, 0.717) is 17.8 Å². The Kier molecular flexibility index (Phi) is 6.40. The number of anilines is 2. The summed E-state index contributed by atoms with van der Waals surface area (Å²) in [5.41, 5.74) is 0.122. The van der Waals surface area contributed by atoms with Crippen molar-refractivity contribution >= 4 is 27.3 Å². The van der Waals surface area contributed by atoms with Gasteiger partial charge in [-0.05, 0) is 55.0 Å². The highest BCUT2D eigenvalue weighted by Crippen LogP contribution is 2.32. The van der Waals surface area contributed by atoms with E-state index in [9.17, 15) is 26.4 Å². The molecule has 0 unspecified atom stereocenters. The molecule has 0 radical (unpaired) electrons. The number of hydrogen-bond donors (Lipinski definition) is 2. The van der Waals surface area contributed by atoms with Gasteiger partial charge in [0, 0.05) is 16.9 Å². The lowest BCUT2D eigenvalue weighted by atomic mass is 10.1. The van der Waals surface area contributed by atoms with E-state index in [1.165, 1.54) is 48.5 Å². The highest BCUT2D eigenvalue weighted by atomic mass is 32.2. The molecule has 1 amide bonds. The van der Waals surface area contributed by atoms with Gasteiger partial charge in [-0.2, -0.15) is 13.2 Å². The van der Waals surface area contributed by atoms with Crippen LogP contribution in [0.3, 0.4) is 0 Å². The van der Waals surface area contributed by atoms with Crippen LogP contribution in [0.5, 0.6) is 0 Å². The Bertz CT molecular complexity index is 1170. The number of sulfonamides is 1. The van der Waals surface area contributed by atoms with Crippen molar-refractivity contribution in [1.29, 1.82) is 0 Å². The van der Waals surface area contributed by atoms with Crippen molar-refractivity contribution in [2.24, 2.45) is 0 Å². The van der Waals surface area contributed by atoms with E-state index < -0.39 is 27.7 Å². The summed E-state index contributed by atoms with van der Waals surface area (Å²) in [6.07, 6.45) is -4.01. The molecule has 164 valence electrons. The summed E-state index contributed by atoms with van der Waals surface area (Å²) in [5, 5.41) is 2.58. The Morgan fingerprint density at radius 2 is 1.68 bits per heavy atom. The number of furan rings is 1. The quantitative estimate of drug-likeness (QED) is 0.505. The minimum absolute atomic E-state index is 0.00179. The van der Waals surface area contributed by atoms with Gasteiger partial charge in [0.05, 0.1) is 11.3 Å². The Labute approximate surface area is 177 Å².